The summed E-state index contributed by atoms with van der Waals surface area (Å²) in [5.74, 6) is 3.07. The van der Waals surface area contributed by atoms with Gasteiger partial charge in [0.25, 0.3) is 0 Å². The molecule has 0 aliphatic rings. The molecule has 0 amide bonds. The normalized spacial score (nSPS) is 11.0. The first-order chi connectivity index (χ1) is 16.1. The van der Waals surface area contributed by atoms with Gasteiger partial charge in [0.1, 0.15) is 18.1 Å². The van der Waals surface area contributed by atoms with Crippen LogP contribution < -0.4 is 4.74 Å². The summed E-state index contributed by atoms with van der Waals surface area (Å²) in [6, 6.07) is 18.4. The van der Waals surface area contributed by atoms with Gasteiger partial charge >= 0.3 is 0 Å². The van der Waals surface area contributed by atoms with E-state index >= 15 is 0 Å². The second-order valence-electron chi connectivity index (χ2n) is 7.19. The van der Waals surface area contributed by atoms with Crippen LogP contribution in [0.25, 0.3) is 0 Å². The first-order valence-electron chi connectivity index (χ1n) is 10.3. The Morgan fingerprint density at radius 1 is 1.09 bits per heavy atom. The van der Waals surface area contributed by atoms with Crippen molar-refractivity contribution in [3.05, 3.63) is 93.6 Å². The lowest BCUT2D eigenvalue weighted by atomic mass is 10.1. The third kappa shape index (κ3) is 6.72. The summed E-state index contributed by atoms with van der Waals surface area (Å²) >= 11 is 10.9. The molecule has 170 valence electrons. The van der Waals surface area contributed by atoms with Gasteiger partial charge in [-0.05, 0) is 55.0 Å². The molecule has 2 aromatic carbocycles. The van der Waals surface area contributed by atoms with E-state index in [4.69, 9.17) is 20.8 Å². The number of hydrogen-bond acceptors (Lipinski definition) is 6. The van der Waals surface area contributed by atoms with Crippen LogP contribution in [0.3, 0.4) is 0 Å². The van der Waals surface area contributed by atoms with Crippen molar-refractivity contribution < 1.29 is 13.9 Å². The number of ketones is 1. The molecule has 0 bridgehead atoms. The smallest absolute Gasteiger partial charge is 0.191 e. The lowest BCUT2D eigenvalue weighted by Gasteiger charge is -2.10. The average Bonchev–Trinajstić information content (AvgIpc) is 3.47. The molecule has 4 aromatic rings. The minimum absolute atomic E-state index is 0.136. The van der Waals surface area contributed by atoms with E-state index in [1.807, 2.05) is 53.1 Å². The first-order valence-corrected chi connectivity index (χ1v) is 12.5. The molecule has 0 saturated carbocycles. The maximum atomic E-state index is 12.4. The Morgan fingerprint density at radius 2 is 1.88 bits per heavy atom. The van der Waals surface area contributed by atoms with Crippen molar-refractivity contribution in [1.29, 1.82) is 0 Å². The lowest BCUT2D eigenvalue weighted by Crippen LogP contribution is -2.09. The van der Waals surface area contributed by atoms with Crippen molar-refractivity contribution >= 4 is 45.1 Å². The largest absolute Gasteiger partial charge is 0.486 e. The van der Waals surface area contributed by atoms with E-state index in [-0.39, 0.29) is 12.4 Å². The number of ether oxygens (including phenoxy) is 1. The van der Waals surface area contributed by atoms with Crippen molar-refractivity contribution in [2.75, 3.05) is 5.75 Å². The molecule has 0 saturated heterocycles. The van der Waals surface area contributed by atoms with Crippen LogP contribution in [0, 0.1) is 0 Å². The number of rotatable bonds is 11. The average molecular weight is 547 g/mol. The Bertz CT molecular complexity index is 1180. The standard InChI is InChI=1S/C24H21BrClN3O3S/c25-18-7-5-17(6-8-18)22(30)4-2-14-33-24-28-27-23(29(24)15-21-3-1-13-31-21)16-32-20-11-9-19(26)10-12-20/h1,3,5-13H,2,4,14-16H2. The molecule has 9 heteroatoms. The summed E-state index contributed by atoms with van der Waals surface area (Å²) in [6.07, 6.45) is 2.86. The highest BCUT2D eigenvalue weighted by Crippen LogP contribution is 2.23. The number of halogens is 2. The molecular weight excluding hydrogens is 526 g/mol. The summed E-state index contributed by atoms with van der Waals surface area (Å²) < 4.78 is 14.3. The van der Waals surface area contributed by atoms with Crippen LogP contribution in [-0.2, 0) is 13.2 Å². The maximum Gasteiger partial charge on any atom is 0.191 e. The molecule has 0 radical (unpaired) electrons. The number of hydrogen-bond donors (Lipinski definition) is 0. The minimum atomic E-state index is 0.136. The van der Waals surface area contributed by atoms with E-state index in [2.05, 4.69) is 26.1 Å². The fraction of sp³-hybridized carbons (Fsp3) is 0.208. The Morgan fingerprint density at radius 3 is 2.61 bits per heavy atom. The topological polar surface area (TPSA) is 70.2 Å². The van der Waals surface area contributed by atoms with Gasteiger partial charge in [0.15, 0.2) is 16.8 Å². The van der Waals surface area contributed by atoms with Gasteiger partial charge in [0.2, 0.25) is 0 Å². The van der Waals surface area contributed by atoms with Crippen LogP contribution in [0.1, 0.15) is 34.8 Å². The van der Waals surface area contributed by atoms with Gasteiger partial charge in [-0.25, -0.2) is 0 Å². The van der Waals surface area contributed by atoms with E-state index in [0.29, 0.717) is 29.6 Å². The van der Waals surface area contributed by atoms with E-state index in [9.17, 15) is 4.79 Å². The molecule has 0 aliphatic heterocycles. The van der Waals surface area contributed by atoms with E-state index < -0.39 is 0 Å². The molecular formula is C24H21BrClN3O3S. The van der Waals surface area contributed by atoms with Gasteiger partial charge in [-0.2, -0.15) is 0 Å². The van der Waals surface area contributed by atoms with Gasteiger partial charge in [-0.3, -0.25) is 9.36 Å². The fourth-order valence-corrected chi connectivity index (χ4v) is 4.39. The third-order valence-electron chi connectivity index (χ3n) is 4.81. The lowest BCUT2D eigenvalue weighted by molar-refractivity contribution is 0.0982. The van der Waals surface area contributed by atoms with Gasteiger partial charge in [-0.15, -0.1) is 10.2 Å². The predicted octanol–water partition coefficient (Wildman–Crippen LogP) is 6.67. The first kappa shape index (κ1) is 23.6. The number of carbonyl (C=O) groups excluding carboxylic acids is 1. The maximum absolute atomic E-state index is 12.4. The summed E-state index contributed by atoms with van der Waals surface area (Å²) in [7, 11) is 0. The zero-order valence-electron chi connectivity index (χ0n) is 17.6. The zero-order chi connectivity index (χ0) is 23.0. The molecule has 33 heavy (non-hydrogen) atoms. The van der Waals surface area contributed by atoms with Crippen molar-refractivity contribution in [3.63, 3.8) is 0 Å². The van der Waals surface area contributed by atoms with Gasteiger partial charge in [-0.1, -0.05) is 51.4 Å². The van der Waals surface area contributed by atoms with Crippen LogP contribution >= 0.6 is 39.3 Å². The Hall–Kier alpha value is -2.55. The highest BCUT2D eigenvalue weighted by molar-refractivity contribution is 9.10. The number of aromatic nitrogens is 3. The molecule has 0 aliphatic carbocycles. The van der Waals surface area contributed by atoms with Crippen LogP contribution in [0.5, 0.6) is 5.75 Å². The number of thioether (sulfide) groups is 1. The number of carbonyl (C=O) groups is 1. The fourth-order valence-electron chi connectivity index (χ4n) is 3.10. The molecule has 0 N–H and O–H groups in total. The van der Waals surface area contributed by atoms with E-state index in [1.54, 1.807) is 30.2 Å². The third-order valence-corrected chi connectivity index (χ3v) is 6.65. The van der Waals surface area contributed by atoms with Gasteiger partial charge in [0.05, 0.1) is 12.8 Å². The van der Waals surface area contributed by atoms with Gasteiger partial charge in [0, 0.05) is 27.2 Å². The van der Waals surface area contributed by atoms with Crippen LogP contribution in [0.15, 0.2) is 81.0 Å². The van der Waals surface area contributed by atoms with Crippen molar-refractivity contribution in [1.82, 2.24) is 14.8 Å². The van der Waals surface area contributed by atoms with Gasteiger partial charge < -0.3 is 9.15 Å². The highest BCUT2D eigenvalue weighted by Gasteiger charge is 2.15. The molecule has 0 spiro atoms. The summed E-state index contributed by atoms with van der Waals surface area (Å²) in [5, 5.41) is 10.1. The number of nitrogens with zero attached hydrogens (tertiary/aromatic N) is 3. The SMILES string of the molecule is O=C(CCCSc1nnc(COc2ccc(Cl)cc2)n1Cc1ccco1)c1ccc(Br)cc1. The molecule has 6 nitrogen and oxygen atoms in total. The van der Waals surface area contributed by atoms with Crippen LogP contribution in [0.2, 0.25) is 5.02 Å². The Kier molecular flexibility index (Phi) is 8.25. The highest BCUT2D eigenvalue weighted by atomic mass is 79.9. The molecule has 0 atom stereocenters. The second-order valence-corrected chi connectivity index (χ2v) is 9.60. The molecule has 2 heterocycles. The van der Waals surface area contributed by atoms with E-state index in [1.165, 1.54) is 0 Å². The Balaban J connectivity index is 1.37. The number of furan rings is 1. The predicted molar refractivity (Wildman–Crippen MR) is 132 cm³/mol. The van der Waals surface area contributed by atoms with Crippen molar-refractivity contribution in [3.8, 4) is 5.75 Å². The second kappa shape index (κ2) is 11.5. The number of benzene rings is 2. The summed E-state index contributed by atoms with van der Waals surface area (Å²) in [6.45, 7) is 0.761. The van der Waals surface area contributed by atoms with Crippen LogP contribution in [-0.4, -0.2) is 26.3 Å². The van der Waals surface area contributed by atoms with Crippen LogP contribution in [0.4, 0.5) is 0 Å². The Labute approximate surface area is 209 Å². The summed E-state index contributed by atoms with van der Waals surface area (Å²) in [5.41, 5.74) is 0.728. The monoisotopic (exact) mass is 545 g/mol. The number of Topliss-reactive ketones (excluding diaryl/α,β-unsaturated/α-hetero) is 1. The molecule has 0 fully saturated rings. The minimum Gasteiger partial charge on any atom is -0.486 e. The molecule has 4 rings (SSSR count). The summed E-state index contributed by atoms with van der Waals surface area (Å²) in [4.78, 5) is 12.4. The van der Waals surface area contributed by atoms with E-state index in [0.717, 1.165) is 33.1 Å². The van der Waals surface area contributed by atoms with Crippen molar-refractivity contribution in [2.24, 2.45) is 0 Å². The quantitative estimate of drug-likeness (QED) is 0.119. The molecule has 0 unspecified atom stereocenters. The van der Waals surface area contributed by atoms with Crippen molar-refractivity contribution in [2.45, 2.75) is 31.1 Å². The zero-order valence-corrected chi connectivity index (χ0v) is 20.8. The molecule has 2 aromatic heterocycles.